The zero-order chi connectivity index (χ0) is 12.8. The predicted octanol–water partition coefficient (Wildman–Crippen LogP) is 1.02. The third-order valence-corrected chi connectivity index (χ3v) is 1.32. The average Bonchev–Trinajstić information content (AvgIpc) is 2.11. The zero-order valence-electron chi connectivity index (χ0n) is 9.90. The van der Waals surface area contributed by atoms with Gasteiger partial charge < -0.3 is 9.47 Å². The normalized spacial score (nSPS) is 11.9. The third kappa shape index (κ3) is 5.95. The number of hydrogen-bond donors (Lipinski definition) is 0. The first-order valence-electron chi connectivity index (χ1n) is 4.87. The standard InChI is InChI=1S/C11H16O5/c1-5-15-9(13)6-8(7-12)10(14)16-11(2,3)4/h6-7H,5H2,1-4H3/b8-6-. The molecule has 0 fully saturated rings. The van der Waals surface area contributed by atoms with Crippen LogP contribution in [0.3, 0.4) is 0 Å². The Morgan fingerprint density at radius 1 is 1.25 bits per heavy atom. The van der Waals surface area contributed by atoms with Crippen molar-refractivity contribution in [3.8, 4) is 0 Å². The number of ether oxygens (including phenoxy) is 2. The van der Waals surface area contributed by atoms with Crippen molar-refractivity contribution >= 4 is 18.2 Å². The molecule has 5 nitrogen and oxygen atoms in total. The van der Waals surface area contributed by atoms with E-state index in [0.29, 0.717) is 0 Å². The summed E-state index contributed by atoms with van der Waals surface area (Å²) in [5, 5.41) is 0. The first kappa shape index (κ1) is 14.3. The van der Waals surface area contributed by atoms with E-state index in [4.69, 9.17) is 4.74 Å². The maximum atomic E-state index is 11.4. The molecule has 0 aliphatic heterocycles. The maximum absolute atomic E-state index is 11.4. The van der Waals surface area contributed by atoms with E-state index in [1.807, 2.05) is 0 Å². The lowest BCUT2D eigenvalue weighted by molar-refractivity contribution is -0.151. The number of rotatable bonds is 4. The van der Waals surface area contributed by atoms with Gasteiger partial charge in [-0.15, -0.1) is 0 Å². The van der Waals surface area contributed by atoms with Crippen LogP contribution >= 0.6 is 0 Å². The minimum Gasteiger partial charge on any atom is -0.463 e. The molecular formula is C11H16O5. The second-order valence-corrected chi connectivity index (χ2v) is 3.97. The van der Waals surface area contributed by atoms with Crippen LogP contribution in [-0.4, -0.2) is 30.4 Å². The molecule has 0 aliphatic rings. The molecule has 0 aromatic heterocycles. The van der Waals surface area contributed by atoms with Crippen LogP contribution in [0, 0.1) is 0 Å². The highest BCUT2D eigenvalue weighted by Crippen LogP contribution is 2.10. The Morgan fingerprint density at radius 3 is 2.19 bits per heavy atom. The minimum atomic E-state index is -0.837. The molecule has 0 amide bonds. The second-order valence-electron chi connectivity index (χ2n) is 3.97. The summed E-state index contributed by atoms with van der Waals surface area (Å²) in [6.45, 7) is 6.79. The summed E-state index contributed by atoms with van der Waals surface area (Å²) in [5.74, 6) is -1.58. The topological polar surface area (TPSA) is 69.7 Å². The van der Waals surface area contributed by atoms with Crippen molar-refractivity contribution in [2.24, 2.45) is 0 Å². The first-order chi connectivity index (χ1) is 7.30. The van der Waals surface area contributed by atoms with Gasteiger partial charge in [-0.3, -0.25) is 4.79 Å². The van der Waals surface area contributed by atoms with Crippen molar-refractivity contribution in [3.63, 3.8) is 0 Å². The molecular weight excluding hydrogens is 212 g/mol. The molecule has 0 heterocycles. The van der Waals surface area contributed by atoms with E-state index in [1.165, 1.54) is 0 Å². The van der Waals surface area contributed by atoms with Crippen LogP contribution in [0.15, 0.2) is 11.6 Å². The molecule has 0 saturated carbocycles. The summed E-state index contributed by atoms with van der Waals surface area (Å²) in [7, 11) is 0. The largest absolute Gasteiger partial charge is 0.463 e. The van der Waals surface area contributed by atoms with Gasteiger partial charge in [0.05, 0.1) is 6.61 Å². The number of aldehydes is 1. The quantitative estimate of drug-likeness (QED) is 0.236. The van der Waals surface area contributed by atoms with Gasteiger partial charge >= 0.3 is 11.9 Å². The fourth-order valence-corrected chi connectivity index (χ4v) is 0.789. The van der Waals surface area contributed by atoms with Gasteiger partial charge in [0.1, 0.15) is 11.2 Å². The molecule has 0 aromatic carbocycles. The Hall–Kier alpha value is -1.65. The van der Waals surface area contributed by atoms with Gasteiger partial charge in [0.25, 0.3) is 0 Å². The van der Waals surface area contributed by atoms with Crippen LogP contribution in [0.1, 0.15) is 27.7 Å². The fraction of sp³-hybridized carbons (Fsp3) is 0.545. The SMILES string of the molecule is CCOC(=O)/C=C(/C=O)C(=O)OC(C)(C)C. The molecule has 0 atom stereocenters. The highest BCUT2D eigenvalue weighted by molar-refractivity contribution is 6.11. The lowest BCUT2D eigenvalue weighted by atomic mass is 10.2. The van der Waals surface area contributed by atoms with Crippen molar-refractivity contribution < 1.29 is 23.9 Å². The third-order valence-electron chi connectivity index (χ3n) is 1.32. The minimum absolute atomic E-state index is 0.176. The average molecular weight is 228 g/mol. The number of carbonyl (C=O) groups is 3. The Bertz CT molecular complexity index is 309. The van der Waals surface area contributed by atoms with E-state index in [9.17, 15) is 14.4 Å². The lowest BCUT2D eigenvalue weighted by Crippen LogP contribution is -2.25. The van der Waals surface area contributed by atoms with E-state index in [1.54, 1.807) is 27.7 Å². The van der Waals surface area contributed by atoms with Gasteiger partial charge in [0.15, 0.2) is 6.29 Å². The summed E-state index contributed by atoms with van der Waals surface area (Å²) in [5.41, 5.74) is -1.07. The summed E-state index contributed by atoms with van der Waals surface area (Å²) >= 11 is 0. The maximum Gasteiger partial charge on any atom is 0.342 e. The van der Waals surface area contributed by atoms with Crippen LogP contribution in [0.2, 0.25) is 0 Å². The number of carbonyl (C=O) groups excluding carboxylic acids is 3. The van der Waals surface area contributed by atoms with Crippen molar-refractivity contribution in [1.82, 2.24) is 0 Å². The first-order valence-corrected chi connectivity index (χ1v) is 4.87. The summed E-state index contributed by atoms with van der Waals surface area (Å²) in [6.07, 6.45) is 1.09. The summed E-state index contributed by atoms with van der Waals surface area (Å²) in [4.78, 5) is 33.0. The molecule has 0 saturated heterocycles. The predicted molar refractivity (Wildman–Crippen MR) is 56.6 cm³/mol. The molecule has 16 heavy (non-hydrogen) atoms. The molecule has 0 rings (SSSR count). The van der Waals surface area contributed by atoms with Crippen molar-refractivity contribution in [3.05, 3.63) is 11.6 Å². The van der Waals surface area contributed by atoms with E-state index in [0.717, 1.165) is 6.08 Å². The van der Waals surface area contributed by atoms with Crippen molar-refractivity contribution in [2.75, 3.05) is 6.61 Å². The van der Waals surface area contributed by atoms with Gasteiger partial charge in [-0.25, -0.2) is 9.59 Å². The Kier molecular flexibility index (Phi) is 5.42. The molecule has 0 N–H and O–H groups in total. The van der Waals surface area contributed by atoms with Crippen LogP contribution in [0.5, 0.6) is 0 Å². The monoisotopic (exact) mass is 228 g/mol. The molecule has 0 bridgehead atoms. The lowest BCUT2D eigenvalue weighted by Gasteiger charge is -2.19. The van der Waals surface area contributed by atoms with Crippen LogP contribution in [-0.2, 0) is 23.9 Å². The van der Waals surface area contributed by atoms with E-state index in [2.05, 4.69) is 4.74 Å². The van der Waals surface area contributed by atoms with E-state index >= 15 is 0 Å². The number of esters is 2. The van der Waals surface area contributed by atoms with Gasteiger partial charge in [-0.2, -0.15) is 0 Å². The fourth-order valence-electron chi connectivity index (χ4n) is 0.789. The van der Waals surface area contributed by atoms with Crippen molar-refractivity contribution in [1.29, 1.82) is 0 Å². The molecule has 0 unspecified atom stereocenters. The van der Waals surface area contributed by atoms with E-state index in [-0.39, 0.29) is 18.5 Å². The highest BCUT2D eigenvalue weighted by atomic mass is 16.6. The molecule has 0 aromatic rings. The molecule has 0 radical (unpaired) electrons. The van der Waals surface area contributed by atoms with E-state index < -0.39 is 17.5 Å². The van der Waals surface area contributed by atoms with Crippen LogP contribution < -0.4 is 0 Å². The van der Waals surface area contributed by atoms with Crippen molar-refractivity contribution in [2.45, 2.75) is 33.3 Å². The molecule has 0 aliphatic carbocycles. The Morgan fingerprint density at radius 2 is 1.81 bits per heavy atom. The summed E-state index contributed by atoms with van der Waals surface area (Å²) in [6, 6.07) is 0. The Labute approximate surface area is 94.4 Å². The van der Waals surface area contributed by atoms with Crippen LogP contribution in [0.4, 0.5) is 0 Å². The second kappa shape index (κ2) is 6.05. The van der Waals surface area contributed by atoms with Gasteiger partial charge in [0, 0.05) is 6.08 Å². The smallest absolute Gasteiger partial charge is 0.342 e. The summed E-state index contributed by atoms with van der Waals surface area (Å²) < 4.78 is 9.50. The van der Waals surface area contributed by atoms with Gasteiger partial charge in [-0.1, -0.05) is 0 Å². The molecule has 5 heteroatoms. The number of hydrogen-bond acceptors (Lipinski definition) is 5. The molecule has 90 valence electrons. The Balaban J connectivity index is 4.67. The van der Waals surface area contributed by atoms with Gasteiger partial charge in [0.2, 0.25) is 0 Å². The highest BCUT2D eigenvalue weighted by Gasteiger charge is 2.20. The molecule has 0 spiro atoms. The van der Waals surface area contributed by atoms with Crippen LogP contribution in [0.25, 0.3) is 0 Å². The van der Waals surface area contributed by atoms with Gasteiger partial charge in [-0.05, 0) is 27.7 Å². The zero-order valence-corrected chi connectivity index (χ0v) is 9.90.